The minimum absolute atomic E-state index is 0. The van der Waals surface area contributed by atoms with E-state index in [0.29, 0.717) is 0 Å². The molecule has 0 heterocycles. The van der Waals surface area contributed by atoms with Gasteiger partial charge in [-0.2, -0.15) is 0 Å². The molecule has 14 heavy (non-hydrogen) atoms. The van der Waals surface area contributed by atoms with Crippen molar-refractivity contribution in [2.24, 2.45) is 0 Å². The van der Waals surface area contributed by atoms with E-state index in [1.165, 1.54) is 0 Å². The van der Waals surface area contributed by atoms with Crippen LogP contribution in [0.5, 0.6) is 0 Å². The number of rotatable bonds is 0. The SMILES string of the molecule is C[Si](C)C.C[Si](C)C.C[Si](C)C.[K].[Sn]. The smallest absolute Gasteiger partial charge is 0.0379 e. The van der Waals surface area contributed by atoms with Crippen LogP contribution in [0, 0.1) is 0 Å². The van der Waals surface area contributed by atoms with Crippen LogP contribution in [0.1, 0.15) is 0 Å². The second kappa shape index (κ2) is 25.1. The zero-order valence-corrected chi connectivity index (χ0v) is 21.0. The fourth-order valence-electron chi connectivity index (χ4n) is 0. The van der Waals surface area contributed by atoms with Crippen molar-refractivity contribution in [2.75, 3.05) is 0 Å². The zero-order chi connectivity index (χ0) is 10.7. The molecule has 0 spiro atoms. The molecule has 0 aromatic rings. The minimum Gasteiger partial charge on any atom is -0.0715 e. The topological polar surface area (TPSA) is 0 Å². The van der Waals surface area contributed by atoms with Gasteiger partial charge in [0, 0.05) is 102 Å². The third kappa shape index (κ3) is 314. The molecule has 8 radical (unpaired) electrons. The molecule has 0 bridgehead atoms. The van der Waals surface area contributed by atoms with Crippen molar-refractivity contribution in [1.82, 2.24) is 0 Å². The fraction of sp³-hybridized carbons (Fsp3) is 1.00. The summed E-state index contributed by atoms with van der Waals surface area (Å²) in [6.07, 6.45) is 0. The van der Waals surface area contributed by atoms with Gasteiger partial charge in [0.05, 0.1) is 0 Å². The van der Waals surface area contributed by atoms with Crippen LogP contribution in [0.4, 0.5) is 0 Å². The summed E-state index contributed by atoms with van der Waals surface area (Å²) in [7, 11) is 0.361. The first-order chi connectivity index (χ1) is 5.20. The summed E-state index contributed by atoms with van der Waals surface area (Å²) in [5.41, 5.74) is 0. The van der Waals surface area contributed by atoms with E-state index in [0.717, 1.165) is 0 Å². The molecule has 0 amide bonds. The average Bonchev–Trinajstić information content (AvgIpc) is 1.54. The maximum absolute atomic E-state index is 2.27. The first-order valence-corrected chi connectivity index (χ1v) is 13.5. The van der Waals surface area contributed by atoms with E-state index in [1.807, 2.05) is 0 Å². The maximum atomic E-state index is 2.27. The number of hydrogen-bond donors (Lipinski definition) is 0. The molecule has 0 aromatic heterocycles. The normalized spacial score (nSPS) is 7.71. The summed E-state index contributed by atoms with van der Waals surface area (Å²) < 4.78 is 0. The summed E-state index contributed by atoms with van der Waals surface area (Å²) >= 11 is 0. The van der Waals surface area contributed by atoms with E-state index < -0.39 is 0 Å². The molecule has 0 saturated carbocycles. The molecule has 0 N–H and O–H groups in total. The van der Waals surface area contributed by atoms with Crippen LogP contribution < -0.4 is 0 Å². The van der Waals surface area contributed by atoms with Gasteiger partial charge in [-0.25, -0.2) is 0 Å². The molecule has 0 unspecified atom stereocenters. The molecule has 0 fully saturated rings. The minimum atomic E-state index is 0. The number of hydrogen-bond acceptors (Lipinski definition) is 0. The van der Waals surface area contributed by atoms with Crippen LogP contribution >= 0.6 is 0 Å². The molecule has 0 aliphatic rings. The van der Waals surface area contributed by atoms with Gasteiger partial charge in [-0.05, 0) is 0 Å². The van der Waals surface area contributed by atoms with Crippen molar-refractivity contribution in [3.05, 3.63) is 0 Å². The first-order valence-electron chi connectivity index (χ1n) is 4.50. The van der Waals surface area contributed by atoms with Crippen LogP contribution in [-0.2, 0) is 0 Å². The van der Waals surface area contributed by atoms with Crippen molar-refractivity contribution in [2.45, 2.75) is 58.9 Å². The quantitative estimate of drug-likeness (QED) is 0.568. The van der Waals surface area contributed by atoms with Gasteiger partial charge in [0.1, 0.15) is 0 Å². The molecular weight excluding hydrogens is 350 g/mol. The van der Waals surface area contributed by atoms with Gasteiger partial charge >= 0.3 is 0 Å². The zero-order valence-electron chi connectivity index (χ0n) is 12.0. The van der Waals surface area contributed by atoms with Crippen LogP contribution in [-0.4, -0.2) is 102 Å². The third-order valence-corrected chi connectivity index (χ3v) is 0. The van der Waals surface area contributed by atoms with Gasteiger partial charge in [-0.3, -0.25) is 0 Å². The van der Waals surface area contributed by atoms with Gasteiger partial charge in [0.15, 0.2) is 0 Å². The summed E-state index contributed by atoms with van der Waals surface area (Å²) in [5, 5.41) is 0. The standard InChI is InChI=1S/3C3H9Si.K.Sn/c3*1-4(2)3;;/h3*1-3H3;;. The van der Waals surface area contributed by atoms with Crippen molar-refractivity contribution in [1.29, 1.82) is 0 Å². The van der Waals surface area contributed by atoms with Crippen molar-refractivity contribution < 1.29 is 0 Å². The molecule has 0 aromatic carbocycles. The largest absolute Gasteiger partial charge is 0.0715 e. The predicted octanol–water partition coefficient (Wildman–Crippen LogP) is 3.35. The van der Waals surface area contributed by atoms with E-state index in [1.54, 1.807) is 0 Å². The van der Waals surface area contributed by atoms with E-state index in [2.05, 4.69) is 58.9 Å². The van der Waals surface area contributed by atoms with Crippen LogP contribution in [0.15, 0.2) is 0 Å². The van der Waals surface area contributed by atoms with Crippen LogP contribution in [0.3, 0.4) is 0 Å². The first kappa shape index (κ1) is 30.3. The van der Waals surface area contributed by atoms with E-state index >= 15 is 0 Å². The van der Waals surface area contributed by atoms with Crippen LogP contribution in [0.25, 0.3) is 0 Å². The Hall–Kier alpha value is 3.09. The molecule has 0 atom stereocenters. The van der Waals surface area contributed by atoms with Crippen molar-refractivity contribution in [3.63, 3.8) is 0 Å². The van der Waals surface area contributed by atoms with Gasteiger partial charge < -0.3 is 0 Å². The Morgan fingerprint density at radius 3 is 0.429 bits per heavy atom. The monoisotopic (exact) mass is 378 g/mol. The maximum Gasteiger partial charge on any atom is 0.0379 e. The van der Waals surface area contributed by atoms with Crippen LogP contribution in [0.2, 0.25) is 58.9 Å². The Labute approximate surface area is 158 Å². The second-order valence-electron chi connectivity index (χ2n) is 4.50. The second-order valence-corrected chi connectivity index (χ2v) is 13.5. The molecule has 0 nitrogen and oxygen atoms in total. The fourth-order valence-corrected chi connectivity index (χ4v) is 0. The van der Waals surface area contributed by atoms with Crippen molar-refractivity contribution in [3.8, 4) is 0 Å². The van der Waals surface area contributed by atoms with Gasteiger partial charge in [-0.15, -0.1) is 0 Å². The Morgan fingerprint density at radius 2 is 0.429 bits per heavy atom. The summed E-state index contributed by atoms with van der Waals surface area (Å²) in [5.74, 6) is 0. The Morgan fingerprint density at radius 1 is 0.429 bits per heavy atom. The summed E-state index contributed by atoms with van der Waals surface area (Å²) in [4.78, 5) is 0. The van der Waals surface area contributed by atoms with E-state index in [4.69, 9.17) is 0 Å². The van der Waals surface area contributed by atoms with E-state index in [-0.39, 0.29) is 102 Å². The van der Waals surface area contributed by atoms with Gasteiger partial charge in [-0.1, -0.05) is 58.9 Å². The third-order valence-electron chi connectivity index (χ3n) is 0. The Balaban J connectivity index is -0.0000000270. The molecule has 0 rings (SSSR count). The van der Waals surface area contributed by atoms with E-state index in [9.17, 15) is 0 Å². The molecule has 0 saturated heterocycles. The molecule has 80 valence electrons. The molecule has 0 aliphatic heterocycles. The molecular formula is C9H27KSi3Sn. The van der Waals surface area contributed by atoms with Gasteiger partial charge in [0.25, 0.3) is 0 Å². The Bertz CT molecular complexity index is 48.5. The Kier molecular flexibility index (Phi) is 54.2. The molecule has 0 aliphatic carbocycles. The summed E-state index contributed by atoms with van der Waals surface area (Å²) in [6.45, 7) is 20.4. The predicted molar refractivity (Wildman–Crippen MR) is 81.5 cm³/mol. The van der Waals surface area contributed by atoms with Crippen molar-refractivity contribution >= 4 is 102 Å². The molecule has 5 heteroatoms. The average molecular weight is 377 g/mol. The van der Waals surface area contributed by atoms with Gasteiger partial charge in [0.2, 0.25) is 0 Å². The summed E-state index contributed by atoms with van der Waals surface area (Å²) in [6, 6.07) is 0.